The SMILES string of the molecule is CC(=O)CCC(F)CCC(=O)NCc1ccccc1. The van der Waals surface area contributed by atoms with E-state index in [4.69, 9.17) is 0 Å². The summed E-state index contributed by atoms with van der Waals surface area (Å²) in [6, 6.07) is 9.56. The summed E-state index contributed by atoms with van der Waals surface area (Å²) in [6.45, 7) is 1.91. The van der Waals surface area contributed by atoms with Crippen LogP contribution in [0, 0.1) is 0 Å². The lowest BCUT2D eigenvalue weighted by Gasteiger charge is -2.08. The predicted molar refractivity (Wildman–Crippen MR) is 72.3 cm³/mol. The number of carbonyl (C=O) groups is 2. The van der Waals surface area contributed by atoms with Crippen molar-refractivity contribution in [2.45, 2.75) is 45.3 Å². The monoisotopic (exact) mass is 265 g/mol. The van der Waals surface area contributed by atoms with Crippen molar-refractivity contribution in [1.82, 2.24) is 5.32 Å². The van der Waals surface area contributed by atoms with Crippen LogP contribution in [0.25, 0.3) is 0 Å². The molecule has 0 fully saturated rings. The molecule has 0 aromatic heterocycles. The number of alkyl halides is 1. The van der Waals surface area contributed by atoms with Gasteiger partial charge in [-0.1, -0.05) is 30.3 Å². The Hall–Kier alpha value is -1.71. The van der Waals surface area contributed by atoms with Crippen LogP contribution in [-0.2, 0) is 16.1 Å². The molecule has 1 rings (SSSR count). The van der Waals surface area contributed by atoms with E-state index in [9.17, 15) is 14.0 Å². The first-order valence-corrected chi connectivity index (χ1v) is 6.52. The summed E-state index contributed by atoms with van der Waals surface area (Å²) in [4.78, 5) is 22.2. The maximum Gasteiger partial charge on any atom is 0.220 e. The van der Waals surface area contributed by atoms with E-state index >= 15 is 0 Å². The van der Waals surface area contributed by atoms with E-state index in [0.29, 0.717) is 6.54 Å². The highest BCUT2D eigenvalue weighted by molar-refractivity contribution is 5.76. The summed E-state index contributed by atoms with van der Waals surface area (Å²) in [5.74, 6) is -0.175. The van der Waals surface area contributed by atoms with Gasteiger partial charge in [-0.2, -0.15) is 0 Å². The first-order chi connectivity index (χ1) is 9.08. The molecule has 4 heteroatoms. The fourth-order valence-electron chi connectivity index (χ4n) is 1.68. The molecule has 0 bridgehead atoms. The van der Waals surface area contributed by atoms with Gasteiger partial charge in [0.05, 0.1) is 0 Å². The molecule has 0 aliphatic heterocycles. The molecule has 19 heavy (non-hydrogen) atoms. The van der Waals surface area contributed by atoms with Crippen molar-refractivity contribution in [3.63, 3.8) is 0 Å². The number of Topliss-reactive ketones (excluding diaryl/α,β-unsaturated/α-hetero) is 1. The quantitative estimate of drug-likeness (QED) is 0.785. The zero-order valence-corrected chi connectivity index (χ0v) is 11.2. The van der Waals surface area contributed by atoms with E-state index in [-0.39, 0.29) is 37.4 Å². The van der Waals surface area contributed by atoms with Gasteiger partial charge in [0.2, 0.25) is 5.91 Å². The molecule has 0 heterocycles. The van der Waals surface area contributed by atoms with Crippen LogP contribution in [0.3, 0.4) is 0 Å². The molecule has 1 aromatic rings. The molecule has 1 atom stereocenters. The molecule has 1 N–H and O–H groups in total. The first-order valence-electron chi connectivity index (χ1n) is 6.52. The predicted octanol–water partition coefficient (Wildman–Crippen LogP) is 2.79. The lowest BCUT2D eigenvalue weighted by molar-refractivity contribution is -0.121. The Morgan fingerprint density at radius 3 is 2.42 bits per heavy atom. The third-order valence-corrected chi connectivity index (χ3v) is 2.83. The molecule has 0 aliphatic rings. The highest BCUT2D eigenvalue weighted by Gasteiger charge is 2.10. The Kier molecular flexibility index (Phi) is 6.79. The summed E-state index contributed by atoms with van der Waals surface area (Å²) in [6.07, 6.45) is -0.292. The topological polar surface area (TPSA) is 46.2 Å². The number of ketones is 1. The number of rotatable bonds is 8. The van der Waals surface area contributed by atoms with E-state index in [1.165, 1.54) is 6.92 Å². The minimum atomic E-state index is -1.08. The van der Waals surface area contributed by atoms with Crippen molar-refractivity contribution in [3.8, 4) is 0 Å². The molecular formula is C15H20FNO2. The van der Waals surface area contributed by atoms with Gasteiger partial charge in [0.1, 0.15) is 12.0 Å². The van der Waals surface area contributed by atoms with Crippen molar-refractivity contribution in [2.75, 3.05) is 0 Å². The summed E-state index contributed by atoms with van der Waals surface area (Å²) in [7, 11) is 0. The second-order valence-corrected chi connectivity index (χ2v) is 4.64. The molecule has 3 nitrogen and oxygen atoms in total. The lowest BCUT2D eigenvalue weighted by atomic mass is 10.1. The van der Waals surface area contributed by atoms with Crippen LogP contribution >= 0.6 is 0 Å². The van der Waals surface area contributed by atoms with Crippen LogP contribution in [0.4, 0.5) is 4.39 Å². The number of nitrogens with one attached hydrogen (secondary N) is 1. The van der Waals surface area contributed by atoms with Crippen LogP contribution in [0.5, 0.6) is 0 Å². The number of hydrogen-bond acceptors (Lipinski definition) is 2. The number of hydrogen-bond donors (Lipinski definition) is 1. The fourth-order valence-corrected chi connectivity index (χ4v) is 1.68. The van der Waals surface area contributed by atoms with Crippen LogP contribution < -0.4 is 5.32 Å². The van der Waals surface area contributed by atoms with Crippen LogP contribution in [0.15, 0.2) is 30.3 Å². The van der Waals surface area contributed by atoms with E-state index in [2.05, 4.69) is 5.32 Å². The average Bonchev–Trinajstić information content (AvgIpc) is 2.41. The molecule has 0 aliphatic carbocycles. The molecule has 0 radical (unpaired) electrons. The van der Waals surface area contributed by atoms with E-state index in [1.807, 2.05) is 30.3 Å². The maximum absolute atomic E-state index is 13.4. The molecule has 0 spiro atoms. The standard InChI is InChI=1S/C15H20FNO2/c1-12(18)7-8-14(16)9-10-15(19)17-11-13-5-3-2-4-6-13/h2-6,14H,7-11H2,1H3,(H,17,19). The van der Waals surface area contributed by atoms with E-state index < -0.39 is 6.17 Å². The number of amides is 1. The van der Waals surface area contributed by atoms with Crippen molar-refractivity contribution in [3.05, 3.63) is 35.9 Å². The van der Waals surface area contributed by atoms with Gasteiger partial charge in [0.15, 0.2) is 0 Å². The van der Waals surface area contributed by atoms with Gasteiger partial charge < -0.3 is 10.1 Å². The molecule has 0 saturated carbocycles. The Morgan fingerprint density at radius 1 is 1.16 bits per heavy atom. The first kappa shape index (κ1) is 15.3. The average molecular weight is 265 g/mol. The Morgan fingerprint density at radius 2 is 1.79 bits per heavy atom. The smallest absolute Gasteiger partial charge is 0.220 e. The van der Waals surface area contributed by atoms with Gasteiger partial charge >= 0.3 is 0 Å². The largest absolute Gasteiger partial charge is 0.352 e. The Bertz CT molecular complexity index is 406. The van der Waals surface area contributed by atoms with Crippen molar-refractivity contribution < 1.29 is 14.0 Å². The second kappa shape index (κ2) is 8.40. The highest BCUT2D eigenvalue weighted by Crippen LogP contribution is 2.09. The fraction of sp³-hybridized carbons (Fsp3) is 0.467. The normalized spacial score (nSPS) is 11.9. The van der Waals surface area contributed by atoms with Gasteiger partial charge in [-0.25, -0.2) is 4.39 Å². The third kappa shape index (κ3) is 7.34. The molecule has 104 valence electrons. The second-order valence-electron chi connectivity index (χ2n) is 4.64. The number of carbonyl (C=O) groups excluding carboxylic acids is 2. The summed E-state index contributed by atoms with van der Waals surface area (Å²) >= 11 is 0. The van der Waals surface area contributed by atoms with E-state index in [0.717, 1.165) is 5.56 Å². The third-order valence-electron chi connectivity index (χ3n) is 2.83. The molecule has 1 unspecified atom stereocenters. The summed E-state index contributed by atoms with van der Waals surface area (Å²) in [5.41, 5.74) is 1.02. The molecular weight excluding hydrogens is 245 g/mol. The summed E-state index contributed by atoms with van der Waals surface area (Å²) in [5, 5.41) is 2.75. The Labute approximate surface area is 113 Å². The molecule has 0 saturated heterocycles. The van der Waals surface area contributed by atoms with Gasteiger partial charge in [0.25, 0.3) is 0 Å². The maximum atomic E-state index is 13.4. The van der Waals surface area contributed by atoms with Gasteiger partial charge in [0, 0.05) is 19.4 Å². The van der Waals surface area contributed by atoms with Crippen LogP contribution in [-0.4, -0.2) is 17.9 Å². The number of halogens is 1. The Balaban J connectivity index is 2.16. The summed E-state index contributed by atoms with van der Waals surface area (Å²) < 4.78 is 13.4. The minimum Gasteiger partial charge on any atom is -0.352 e. The zero-order valence-electron chi connectivity index (χ0n) is 11.2. The van der Waals surface area contributed by atoms with Gasteiger partial charge in [-0.05, 0) is 25.3 Å². The lowest BCUT2D eigenvalue weighted by Crippen LogP contribution is -2.23. The molecule has 1 amide bonds. The van der Waals surface area contributed by atoms with Crippen molar-refractivity contribution >= 4 is 11.7 Å². The number of benzene rings is 1. The van der Waals surface area contributed by atoms with Crippen molar-refractivity contribution in [2.24, 2.45) is 0 Å². The van der Waals surface area contributed by atoms with Gasteiger partial charge in [-0.3, -0.25) is 4.79 Å². The van der Waals surface area contributed by atoms with Crippen molar-refractivity contribution in [1.29, 1.82) is 0 Å². The van der Waals surface area contributed by atoms with Gasteiger partial charge in [-0.15, -0.1) is 0 Å². The minimum absolute atomic E-state index is 0.0174. The highest BCUT2D eigenvalue weighted by atomic mass is 19.1. The molecule has 1 aromatic carbocycles. The van der Waals surface area contributed by atoms with E-state index in [1.54, 1.807) is 0 Å². The zero-order chi connectivity index (χ0) is 14.1. The van der Waals surface area contributed by atoms with Crippen LogP contribution in [0.1, 0.15) is 38.2 Å². The van der Waals surface area contributed by atoms with Crippen LogP contribution in [0.2, 0.25) is 0 Å².